The van der Waals surface area contributed by atoms with Crippen LogP contribution in [0, 0.1) is 5.92 Å². The van der Waals surface area contributed by atoms with E-state index < -0.39 is 5.97 Å². The van der Waals surface area contributed by atoms with Gasteiger partial charge in [0, 0.05) is 16.6 Å². The van der Waals surface area contributed by atoms with Crippen LogP contribution in [0.2, 0.25) is 5.02 Å². The van der Waals surface area contributed by atoms with Gasteiger partial charge in [0.25, 0.3) is 0 Å². The second kappa shape index (κ2) is 5.43. The summed E-state index contributed by atoms with van der Waals surface area (Å²) in [6, 6.07) is 13.3. The summed E-state index contributed by atoms with van der Waals surface area (Å²) in [6.45, 7) is 0. The monoisotopic (exact) mass is 325 g/mol. The van der Waals surface area contributed by atoms with Gasteiger partial charge in [-0.1, -0.05) is 35.9 Å². The molecule has 0 unspecified atom stereocenters. The number of carboxylic acids is 1. The van der Waals surface area contributed by atoms with Crippen LogP contribution < -0.4 is 5.32 Å². The fraction of sp³-hybridized carbons (Fsp3) is 0.211. The van der Waals surface area contributed by atoms with Gasteiger partial charge in [-0.15, -0.1) is 0 Å². The zero-order valence-electron chi connectivity index (χ0n) is 12.4. The maximum absolute atomic E-state index is 11.0. The fourth-order valence-electron chi connectivity index (χ4n) is 3.73. The van der Waals surface area contributed by atoms with E-state index >= 15 is 0 Å². The Morgan fingerprint density at radius 1 is 1.17 bits per heavy atom. The van der Waals surface area contributed by atoms with E-state index in [1.165, 1.54) is 5.56 Å². The predicted molar refractivity (Wildman–Crippen MR) is 91.2 cm³/mol. The summed E-state index contributed by atoms with van der Waals surface area (Å²) in [6.07, 6.45) is 5.50. The number of hydrogen-bond acceptors (Lipinski definition) is 2. The van der Waals surface area contributed by atoms with Crippen LogP contribution in [-0.2, 0) is 0 Å². The zero-order chi connectivity index (χ0) is 16.0. The summed E-state index contributed by atoms with van der Waals surface area (Å²) < 4.78 is 0. The molecule has 3 nitrogen and oxygen atoms in total. The highest BCUT2D eigenvalue weighted by atomic mass is 35.5. The van der Waals surface area contributed by atoms with E-state index in [1.54, 1.807) is 12.1 Å². The van der Waals surface area contributed by atoms with E-state index in [4.69, 9.17) is 16.7 Å². The van der Waals surface area contributed by atoms with Gasteiger partial charge < -0.3 is 10.4 Å². The van der Waals surface area contributed by atoms with Crippen molar-refractivity contribution in [2.45, 2.75) is 18.4 Å². The van der Waals surface area contributed by atoms with Crippen LogP contribution in [0.25, 0.3) is 0 Å². The van der Waals surface area contributed by atoms with E-state index in [0.717, 1.165) is 22.7 Å². The Labute approximate surface area is 139 Å². The molecule has 2 N–H and O–H groups in total. The predicted octanol–water partition coefficient (Wildman–Crippen LogP) is 4.86. The molecule has 0 spiro atoms. The number of fused-ring (bicyclic) bond motifs is 3. The van der Waals surface area contributed by atoms with Crippen LogP contribution >= 0.6 is 11.6 Å². The number of hydrogen-bond donors (Lipinski definition) is 2. The summed E-state index contributed by atoms with van der Waals surface area (Å²) in [5.74, 6) is -0.112. The maximum Gasteiger partial charge on any atom is 0.335 e. The molecule has 1 aliphatic carbocycles. The SMILES string of the molecule is O=C(O)c1ccc([C@@H]2Nc3ccc(Cl)cc3[C@H]3C=CC[C@H]32)cc1. The van der Waals surface area contributed by atoms with Crippen LogP contribution in [0.1, 0.15) is 39.9 Å². The van der Waals surface area contributed by atoms with Gasteiger partial charge in [0.2, 0.25) is 0 Å². The number of anilines is 1. The average Bonchev–Trinajstić information content (AvgIpc) is 3.04. The Hall–Kier alpha value is -2.26. The topological polar surface area (TPSA) is 49.3 Å². The molecule has 2 aliphatic rings. The third-order valence-electron chi connectivity index (χ3n) is 4.84. The van der Waals surface area contributed by atoms with Crippen molar-refractivity contribution in [3.63, 3.8) is 0 Å². The van der Waals surface area contributed by atoms with Crippen molar-refractivity contribution in [3.05, 3.63) is 76.3 Å². The zero-order valence-corrected chi connectivity index (χ0v) is 13.1. The van der Waals surface area contributed by atoms with Crippen LogP contribution in [0.3, 0.4) is 0 Å². The molecule has 4 heteroatoms. The molecule has 1 heterocycles. The van der Waals surface area contributed by atoms with Crippen molar-refractivity contribution >= 4 is 23.3 Å². The van der Waals surface area contributed by atoms with Gasteiger partial charge >= 0.3 is 5.97 Å². The van der Waals surface area contributed by atoms with Gasteiger partial charge in [-0.05, 0) is 53.8 Å². The van der Waals surface area contributed by atoms with Crippen molar-refractivity contribution < 1.29 is 9.90 Å². The first-order chi connectivity index (χ1) is 11.1. The van der Waals surface area contributed by atoms with Crippen molar-refractivity contribution in [1.29, 1.82) is 0 Å². The minimum atomic E-state index is -0.895. The molecule has 2 aromatic carbocycles. The number of allylic oxidation sites excluding steroid dienone is 2. The third-order valence-corrected chi connectivity index (χ3v) is 5.08. The van der Waals surface area contributed by atoms with Gasteiger partial charge in [0.15, 0.2) is 0 Å². The second-order valence-corrected chi connectivity index (χ2v) is 6.57. The highest BCUT2D eigenvalue weighted by Crippen LogP contribution is 2.50. The molecule has 0 amide bonds. The highest BCUT2D eigenvalue weighted by molar-refractivity contribution is 6.30. The normalized spacial score (nSPS) is 24.7. The molecule has 3 atom stereocenters. The van der Waals surface area contributed by atoms with E-state index in [0.29, 0.717) is 17.4 Å². The maximum atomic E-state index is 11.0. The smallest absolute Gasteiger partial charge is 0.335 e. The second-order valence-electron chi connectivity index (χ2n) is 6.13. The lowest BCUT2D eigenvalue weighted by Gasteiger charge is -2.37. The lowest BCUT2D eigenvalue weighted by molar-refractivity contribution is 0.0697. The molecule has 0 aromatic heterocycles. The fourth-order valence-corrected chi connectivity index (χ4v) is 3.91. The van der Waals surface area contributed by atoms with Gasteiger partial charge in [0.05, 0.1) is 11.6 Å². The minimum Gasteiger partial charge on any atom is -0.478 e. The van der Waals surface area contributed by atoms with E-state index in [2.05, 4.69) is 17.5 Å². The van der Waals surface area contributed by atoms with Gasteiger partial charge in [0.1, 0.15) is 0 Å². The Morgan fingerprint density at radius 2 is 1.96 bits per heavy atom. The van der Waals surface area contributed by atoms with Crippen molar-refractivity contribution in [2.75, 3.05) is 5.32 Å². The quantitative estimate of drug-likeness (QED) is 0.775. The molecule has 4 rings (SSSR count). The minimum absolute atomic E-state index is 0.173. The van der Waals surface area contributed by atoms with Crippen molar-refractivity contribution in [2.24, 2.45) is 5.92 Å². The van der Waals surface area contributed by atoms with E-state index in [-0.39, 0.29) is 6.04 Å². The molecule has 0 radical (unpaired) electrons. The molecular formula is C19H16ClNO2. The summed E-state index contributed by atoms with van der Waals surface area (Å²) in [5.41, 5.74) is 3.79. The van der Waals surface area contributed by atoms with Crippen molar-refractivity contribution in [1.82, 2.24) is 0 Å². The lowest BCUT2D eigenvalue weighted by Crippen LogP contribution is -2.29. The number of rotatable bonds is 2. The van der Waals surface area contributed by atoms with Crippen LogP contribution in [0.15, 0.2) is 54.6 Å². The molecule has 0 saturated heterocycles. The summed E-state index contributed by atoms with van der Waals surface area (Å²) in [7, 11) is 0. The molecule has 1 aliphatic heterocycles. The molecular weight excluding hydrogens is 310 g/mol. The van der Waals surface area contributed by atoms with E-state index in [1.807, 2.05) is 30.3 Å². The van der Waals surface area contributed by atoms with Crippen molar-refractivity contribution in [3.8, 4) is 0 Å². The van der Waals surface area contributed by atoms with Crippen LogP contribution in [0.4, 0.5) is 5.69 Å². The lowest BCUT2D eigenvalue weighted by atomic mass is 9.77. The molecule has 0 bridgehead atoms. The van der Waals surface area contributed by atoms with Crippen LogP contribution in [0.5, 0.6) is 0 Å². The molecule has 0 fully saturated rings. The first-order valence-corrected chi connectivity index (χ1v) is 8.07. The number of halogens is 1. The Kier molecular flexibility index (Phi) is 3.38. The first-order valence-electron chi connectivity index (χ1n) is 7.69. The Bertz CT molecular complexity index is 798. The van der Waals surface area contributed by atoms with E-state index in [9.17, 15) is 4.79 Å². The number of carboxylic acid groups (broad SMARTS) is 1. The third kappa shape index (κ3) is 2.41. The first kappa shape index (κ1) is 14.3. The molecule has 0 saturated carbocycles. The number of benzene rings is 2. The average molecular weight is 326 g/mol. The summed E-state index contributed by atoms with van der Waals surface area (Å²) in [5, 5.41) is 13.4. The molecule has 2 aromatic rings. The summed E-state index contributed by atoms with van der Waals surface area (Å²) in [4.78, 5) is 11.0. The molecule has 116 valence electrons. The van der Waals surface area contributed by atoms with Gasteiger partial charge in [-0.2, -0.15) is 0 Å². The number of aromatic carboxylic acids is 1. The standard InChI is InChI=1S/C19H16ClNO2/c20-13-8-9-17-16(10-13)14-2-1-3-15(14)18(21-17)11-4-6-12(7-5-11)19(22)23/h1-2,4-10,14-15,18,21H,3H2,(H,22,23)/t14-,15+,18-/m0/s1. The Morgan fingerprint density at radius 3 is 2.70 bits per heavy atom. The summed E-state index contributed by atoms with van der Waals surface area (Å²) >= 11 is 6.16. The number of carbonyl (C=O) groups is 1. The largest absolute Gasteiger partial charge is 0.478 e. The van der Waals surface area contributed by atoms with Gasteiger partial charge in [-0.3, -0.25) is 0 Å². The van der Waals surface area contributed by atoms with Crippen LogP contribution in [-0.4, -0.2) is 11.1 Å². The van der Waals surface area contributed by atoms with Gasteiger partial charge in [-0.25, -0.2) is 4.79 Å². The molecule has 23 heavy (non-hydrogen) atoms. The Balaban J connectivity index is 1.73. The number of nitrogens with one attached hydrogen (secondary N) is 1. The highest BCUT2D eigenvalue weighted by Gasteiger charge is 2.37.